The van der Waals surface area contributed by atoms with Crippen LogP contribution < -0.4 is 4.90 Å². The maximum Gasteiger partial charge on any atom is 0.433 e. The Bertz CT molecular complexity index is 1220. The fraction of sp³-hybridized carbons (Fsp3) is 0.105. The van der Waals surface area contributed by atoms with E-state index in [4.69, 9.17) is 11.6 Å². The van der Waals surface area contributed by atoms with Gasteiger partial charge in [0, 0.05) is 25.0 Å². The Hall–Kier alpha value is -3.53. The molecule has 4 aromatic rings. The van der Waals surface area contributed by atoms with Crippen LogP contribution in [0.1, 0.15) is 16.2 Å². The topological polar surface area (TPSA) is 76.3 Å². The van der Waals surface area contributed by atoms with Crippen molar-refractivity contribution in [2.45, 2.75) is 6.18 Å². The number of pyridine rings is 2. The molecule has 0 radical (unpaired) electrons. The molecule has 0 aliphatic heterocycles. The summed E-state index contributed by atoms with van der Waals surface area (Å²) >= 11 is 5.77. The molecule has 0 N–H and O–H groups in total. The molecule has 0 aliphatic rings. The average Bonchev–Trinajstić information content (AvgIpc) is 3.16. The number of hydrogen-bond donors (Lipinski definition) is 0. The number of halogens is 4. The zero-order valence-corrected chi connectivity index (χ0v) is 16.1. The quantitative estimate of drug-likeness (QED) is 0.455. The molecule has 0 aliphatic carbocycles. The largest absolute Gasteiger partial charge is 0.433 e. The summed E-state index contributed by atoms with van der Waals surface area (Å²) in [5.41, 5.74) is 0.949. The summed E-state index contributed by atoms with van der Waals surface area (Å²) in [6, 6.07) is 5.39. The first-order valence-electron chi connectivity index (χ1n) is 8.50. The first-order chi connectivity index (χ1) is 14.2. The van der Waals surface area contributed by atoms with Gasteiger partial charge in [0.05, 0.1) is 30.0 Å². The Balaban J connectivity index is 1.69. The molecule has 4 heterocycles. The molecule has 4 aromatic heterocycles. The van der Waals surface area contributed by atoms with Crippen molar-refractivity contribution in [3.63, 3.8) is 0 Å². The van der Waals surface area contributed by atoms with Crippen LogP contribution in [0, 0.1) is 0 Å². The van der Waals surface area contributed by atoms with Gasteiger partial charge in [-0.05, 0) is 24.3 Å². The smallest absolute Gasteiger partial charge is 0.309 e. The van der Waals surface area contributed by atoms with E-state index < -0.39 is 17.8 Å². The molecule has 11 heteroatoms. The van der Waals surface area contributed by atoms with Crippen LogP contribution in [0.4, 0.5) is 18.9 Å². The summed E-state index contributed by atoms with van der Waals surface area (Å²) in [5.74, 6) is -0.411. The van der Waals surface area contributed by atoms with Crippen LogP contribution in [0.15, 0.2) is 55.2 Å². The zero-order valence-electron chi connectivity index (χ0n) is 15.3. The van der Waals surface area contributed by atoms with Gasteiger partial charge in [-0.3, -0.25) is 14.2 Å². The molecule has 0 spiro atoms. The second kappa shape index (κ2) is 7.38. The van der Waals surface area contributed by atoms with Crippen molar-refractivity contribution in [3.05, 3.63) is 71.8 Å². The predicted molar refractivity (Wildman–Crippen MR) is 103 cm³/mol. The fourth-order valence-electron chi connectivity index (χ4n) is 2.78. The van der Waals surface area contributed by atoms with Crippen LogP contribution in [0.3, 0.4) is 0 Å². The number of nitrogens with zero attached hydrogens (tertiary/aromatic N) is 6. The van der Waals surface area contributed by atoms with Gasteiger partial charge in [-0.1, -0.05) is 11.6 Å². The van der Waals surface area contributed by atoms with Crippen LogP contribution in [0.2, 0.25) is 5.15 Å². The summed E-state index contributed by atoms with van der Waals surface area (Å²) in [6.07, 6.45) is 2.39. The molecular weight excluding hydrogens is 421 g/mol. The van der Waals surface area contributed by atoms with Crippen molar-refractivity contribution in [3.8, 4) is 11.3 Å². The van der Waals surface area contributed by atoms with Gasteiger partial charge in [-0.2, -0.15) is 13.2 Å². The number of fused-ring (bicyclic) bond motifs is 1. The van der Waals surface area contributed by atoms with E-state index in [1.54, 1.807) is 23.6 Å². The lowest BCUT2D eigenvalue weighted by molar-refractivity contribution is -0.141. The number of rotatable bonds is 3. The van der Waals surface area contributed by atoms with Crippen molar-refractivity contribution in [2.75, 3.05) is 11.9 Å². The van der Waals surface area contributed by atoms with Gasteiger partial charge >= 0.3 is 6.18 Å². The normalized spacial score (nSPS) is 11.6. The van der Waals surface area contributed by atoms with E-state index in [9.17, 15) is 18.0 Å². The Morgan fingerprint density at radius 1 is 1.00 bits per heavy atom. The molecule has 0 unspecified atom stereocenters. The lowest BCUT2D eigenvalue weighted by atomic mass is 10.2. The number of hydrogen-bond acceptors (Lipinski definition) is 5. The minimum atomic E-state index is -4.53. The van der Waals surface area contributed by atoms with Crippen molar-refractivity contribution >= 4 is 28.8 Å². The van der Waals surface area contributed by atoms with E-state index in [1.165, 1.54) is 35.8 Å². The molecule has 0 saturated heterocycles. The fourth-order valence-corrected chi connectivity index (χ4v) is 2.89. The molecular formula is C19H12ClF3N6O. The summed E-state index contributed by atoms with van der Waals surface area (Å²) in [7, 11) is 1.56. The number of alkyl halides is 3. The lowest BCUT2D eigenvalue weighted by Crippen LogP contribution is -2.27. The highest BCUT2D eigenvalue weighted by Crippen LogP contribution is 2.29. The van der Waals surface area contributed by atoms with Crippen molar-refractivity contribution < 1.29 is 18.0 Å². The molecule has 152 valence electrons. The first kappa shape index (κ1) is 19.8. The van der Waals surface area contributed by atoms with Gasteiger partial charge < -0.3 is 4.90 Å². The summed E-state index contributed by atoms with van der Waals surface area (Å²) in [4.78, 5) is 29.9. The standard InChI is InChI=1S/C19H12ClF3N6O/c1-28(12-3-5-16(20)26-7-12)18(30)13-10-29-14(8-27-17(29)9-24-13)11-2-4-15(25-6-11)19(21,22)23/h2-10H,1H3. The molecule has 0 aromatic carbocycles. The van der Waals surface area contributed by atoms with Gasteiger partial charge in [-0.15, -0.1) is 0 Å². The zero-order chi connectivity index (χ0) is 21.5. The summed E-state index contributed by atoms with van der Waals surface area (Å²) in [6.45, 7) is 0. The molecule has 30 heavy (non-hydrogen) atoms. The van der Waals surface area contributed by atoms with Gasteiger partial charge in [0.15, 0.2) is 5.65 Å². The van der Waals surface area contributed by atoms with Crippen LogP contribution in [0.5, 0.6) is 0 Å². The second-order valence-electron chi connectivity index (χ2n) is 6.28. The highest BCUT2D eigenvalue weighted by atomic mass is 35.5. The van der Waals surface area contributed by atoms with E-state index in [0.717, 1.165) is 12.3 Å². The maximum absolute atomic E-state index is 12.8. The summed E-state index contributed by atoms with van der Waals surface area (Å²) in [5, 5.41) is 0.298. The van der Waals surface area contributed by atoms with Crippen molar-refractivity contribution in [1.29, 1.82) is 0 Å². The van der Waals surface area contributed by atoms with Crippen LogP contribution in [-0.2, 0) is 6.18 Å². The number of amides is 1. The SMILES string of the molecule is CN(C(=O)c1cn2c(-c3ccc(C(F)(F)F)nc3)cnc2cn1)c1ccc(Cl)nc1. The number of aromatic nitrogens is 5. The van der Waals surface area contributed by atoms with Gasteiger partial charge in [0.2, 0.25) is 0 Å². The van der Waals surface area contributed by atoms with Crippen LogP contribution >= 0.6 is 11.6 Å². The highest BCUT2D eigenvalue weighted by molar-refractivity contribution is 6.29. The lowest BCUT2D eigenvalue weighted by Gasteiger charge is -2.16. The Labute approximate surface area is 172 Å². The monoisotopic (exact) mass is 432 g/mol. The minimum absolute atomic E-state index is 0.110. The van der Waals surface area contributed by atoms with Gasteiger partial charge in [-0.25, -0.2) is 15.0 Å². The molecule has 0 atom stereocenters. The van der Waals surface area contributed by atoms with E-state index in [-0.39, 0.29) is 5.69 Å². The molecule has 1 amide bonds. The van der Waals surface area contributed by atoms with Crippen molar-refractivity contribution in [2.24, 2.45) is 0 Å². The molecule has 4 rings (SSSR count). The molecule has 0 saturated carbocycles. The Morgan fingerprint density at radius 2 is 1.80 bits per heavy atom. The maximum atomic E-state index is 12.8. The average molecular weight is 433 g/mol. The molecule has 7 nitrogen and oxygen atoms in total. The molecule has 0 bridgehead atoms. The Morgan fingerprint density at radius 3 is 2.43 bits per heavy atom. The van der Waals surface area contributed by atoms with E-state index in [1.807, 2.05) is 0 Å². The van der Waals surface area contributed by atoms with Gasteiger partial charge in [0.25, 0.3) is 5.91 Å². The highest BCUT2D eigenvalue weighted by Gasteiger charge is 2.32. The van der Waals surface area contributed by atoms with E-state index in [0.29, 0.717) is 27.7 Å². The second-order valence-corrected chi connectivity index (χ2v) is 6.66. The first-order valence-corrected chi connectivity index (χ1v) is 8.88. The number of carbonyl (C=O) groups excluding carboxylic acids is 1. The van der Waals surface area contributed by atoms with Crippen LogP contribution in [0.25, 0.3) is 16.9 Å². The van der Waals surface area contributed by atoms with Crippen molar-refractivity contribution in [1.82, 2.24) is 24.3 Å². The summed E-state index contributed by atoms with van der Waals surface area (Å²) < 4.78 is 39.8. The number of carbonyl (C=O) groups is 1. The number of anilines is 1. The van der Waals surface area contributed by atoms with E-state index in [2.05, 4.69) is 19.9 Å². The number of imidazole rings is 1. The van der Waals surface area contributed by atoms with Gasteiger partial charge in [0.1, 0.15) is 16.5 Å². The van der Waals surface area contributed by atoms with Crippen LogP contribution in [-0.4, -0.2) is 37.3 Å². The molecule has 0 fully saturated rings. The van der Waals surface area contributed by atoms with E-state index >= 15 is 0 Å². The third-order valence-electron chi connectivity index (χ3n) is 4.37. The predicted octanol–water partition coefficient (Wildman–Crippen LogP) is 4.14. The minimum Gasteiger partial charge on any atom is -0.309 e. The third-order valence-corrected chi connectivity index (χ3v) is 4.59. The third kappa shape index (κ3) is 3.69. The Kier molecular flexibility index (Phi) is 4.86.